The molecule has 1 aliphatic rings. The Hall–Kier alpha value is -1.55. The quantitative estimate of drug-likeness (QED) is 0.866. The van der Waals surface area contributed by atoms with Crippen LogP contribution in [0.1, 0.15) is 42.6 Å². The van der Waals surface area contributed by atoms with Gasteiger partial charge in [0.2, 0.25) is 0 Å². The highest BCUT2D eigenvalue weighted by molar-refractivity contribution is 5.95. The van der Waals surface area contributed by atoms with Crippen LogP contribution in [0.15, 0.2) is 18.2 Å². The Bertz CT molecular complexity index is 470. The summed E-state index contributed by atoms with van der Waals surface area (Å²) in [6, 6.07) is 5.99. The van der Waals surface area contributed by atoms with E-state index in [1.807, 2.05) is 23.1 Å². The third kappa shape index (κ3) is 2.96. The number of fused-ring (bicyclic) bond motifs is 1. The lowest BCUT2D eigenvalue weighted by atomic mass is 10.0. The van der Waals surface area contributed by atoms with Crippen molar-refractivity contribution < 1.29 is 9.53 Å². The molecule has 0 saturated carbocycles. The topological polar surface area (TPSA) is 55.6 Å². The Morgan fingerprint density at radius 3 is 2.80 bits per heavy atom. The zero-order valence-corrected chi connectivity index (χ0v) is 12.4. The molecule has 1 aromatic rings. The molecule has 0 saturated heterocycles. The molecular weight excluding hydrogens is 252 g/mol. The van der Waals surface area contributed by atoms with E-state index in [2.05, 4.69) is 13.8 Å². The summed E-state index contributed by atoms with van der Waals surface area (Å²) in [7, 11) is 0. The maximum Gasteiger partial charge on any atom is 0.254 e. The molecule has 20 heavy (non-hydrogen) atoms. The minimum Gasteiger partial charge on any atom is -0.493 e. The van der Waals surface area contributed by atoms with Gasteiger partial charge in [0.05, 0.1) is 6.61 Å². The minimum atomic E-state index is 0.0823. The second-order valence-electron chi connectivity index (χ2n) is 5.18. The van der Waals surface area contributed by atoms with E-state index in [9.17, 15) is 4.79 Å². The summed E-state index contributed by atoms with van der Waals surface area (Å²) in [6.07, 6.45) is 2.80. The van der Waals surface area contributed by atoms with Gasteiger partial charge in [0, 0.05) is 31.1 Å². The van der Waals surface area contributed by atoms with Crippen molar-refractivity contribution in [3.63, 3.8) is 0 Å². The highest BCUT2D eigenvalue weighted by atomic mass is 16.5. The van der Waals surface area contributed by atoms with Crippen LogP contribution < -0.4 is 10.5 Å². The maximum atomic E-state index is 12.7. The third-order valence-corrected chi connectivity index (χ3v) is 3.95. The normalized spacial score (nSPS) is 13.2. The van der Waals surface area contributed by atoms with Crippen molar-refractivity contribution in [3.8, 4) is 5.75 Å². The average Bonchev–Trinajstić information content (AvgIpc) is 2.94. The standard InChI is InChI=1S/C16H24N2O2/c1-3-14(4-2)18(9-8-17)16(19)13-5-6-15-12(11-13)7-10-20-15/h5-6,11,14H,3-4,7-10,17H2,1-2H3. The Balaban J connectivity index is 2.22. The summed E-state index contributed by atoms with van der Waals surface area (Å²) in [5.41, 5.74) is 7.55. The number of nitrogens with two attached hydrogens (primary N) is 1. The first kappa shape index (κ1) is 14.9. The molecule has 2 N–H and O–H groups in total. The molecule has 110 valence electrons. The van der Waals surface area contributed by atoms with Gasteiger partial charge < -0.3 is 15.4 Å². The molecule has 0 fully saturated rings. The number of amides is 1. The fourth-order valence-electron chi connectivity index (χ4n) is 2.80. The Morgan fingerprint density at radius 1 is 1.40 bits per heavy atom. The molecule has 0 aromatic heterocycles. The average molecular weight is 276 g/mol. The largest absolute Gasteiger partial charge is 0.493 e. The van der Waals surface area contributed by atoms with Crippen molar-refractivity contribution in [3.05, 3.63) is 29.3 Å². The predicted octanol–water partition coefficient (Wildman–Crippen LogP) is 2.21. The molecule has 4 nitrogen and oxygen atoms in total. The van der Waals surface area contributed by atoms with Crippen molar-refractivity contribution in [2.75, 3.05) is 19.7 Å². The van der Waals surface area contributed by atoms with Gasteiger partial charge in [-0.3, -0.25) is 4.79 Å². The SMILES string of the molecule is CCC(CC)N(CCN)C(=O)c1ccc2c(c1)CCO2. The zero-order chi connectivity index (χ0) is 14.5. The zero-order valence-electron chi connectivity index (χ0n) is 12.4. The summed E-state index contributed by atoms with van der Waals surface area (Å²) < 4.78 is 5.49. The van der Waals surface area contributed by atoms with Crippen molar-refractivity contribution in [2.24, 2.45) is 5.73 Å². The van der Waals surface area contributed by atoms with Crippen molar-refractivity contribution in [2.45, 2.75) is 39.2 Å². The van der Waals surface area contributed by atoms with Gasteiger partial charge in [-0.05, 0) is 36.6 Å². The van der Waals surface area contributed by atoms with Crippen LogP contribution in [0, 0.1) is 0 Å². The van der Waals surface area contributed by atoms with E-state index < -0.39 is 0 Å². The van der Waals surface area contributed by atoms with E-state index in [1.165, 1.54) is 0 Å². The molecule has 0 unspecified atom stereocenters. The number of carbonyl (C=O) groups is 1. The molecule has 0 spiro atoms. The Labute approximate surface area is 120 Å². The molecule has 2 rings (SSSR count). The van der Waals surface area contributed by atoms with Crippen molar-refractivity contribution in [1.82, 2.24) is 4.90 Å². The van der Waals surface area contributed by atoms with Gasteiger partial charge in [-0.25, -0.2) is 0 Å². The molecule has 1 aliphatic heterocycles. The van der Waals surface area contributed by atoms with Crippen LogP contribution in [0.3, 0.4) is 0 Å². The first-order chi connectivity index (χ1) is 9.71. The van der Waals surface area contributed by atoms with Gasteiger partial charge in [-0.2, -0.15) is 0 Å². The number of hydrogen-bond donors (Lipinski definition) is 1. The van der Waals surface area contributed by atoms with E-state index in [0.29, 0.717) is 19.7 Å². The lowest BCUT2D eigenvalue weighted by molar-refractivity contribution is 0.0674. The molecule has 0 bridgehead atoms. The van der Waals surface area contributed by atoms with E-state index in [-0.39, 0.29) is 11.9 Å². The van der Waals surface area contributed by atoms with Crippen LogP contribution in [0.2, 0.25) is 0 Å². The summed E-state index contributed by atoms with van der Waals surface area (Å²) in [4.78, 5) is 14.6. The van der Waals surface area contributed by atoms with Crippen LogP contribution in [0.5, 0.6) is 5.75 Å². The van der Waals surface area contributed by atoms with E-state index >= 15 is 0 Å². The van der Waals surface area contributed by atoms with Gasteiger partial charge in [0.25, 0.3) is 5.91 Å². The summed E-state index contributed by atoms with van der Waals surface area (Å²) in [5, 5.41) is 0. The monoisotopic (exact) mass is 276 g/mol. The van der Waals surface area contributed by atoms with Crippen LogP contribution in [0.25, 0.3) is 0 Å². The van der Waals surface area contributed by atoms with E-state index in [0.717, 1.165) is 36.1 Å². The number of hydrogen-bond acceptors (Lipinski definition) is 3. The van der Waals surface area contributed by atoms with Crippen LogP contribution >= 0.6 is 0 Å². The predicted molar refractivity (Wildman–Crippen MR) is 80.1 cm³/mol. The fraction of sp³-hybridized carbons (Fsp3) is 0.562. The van der Waals surface area contributed by atoms with Gasteiger partial charge in [0.15, 0.2) is 0 Å². The first-order valence-electron chi connectivity index (χ1n) is 7.48. The fourth-order valence-corrected chi connectivity index (χ4v) is 2.80. The molecule has 0 atom stereocenters. The minimum absolute atomic E-state index is 0.0823. The number of benzene rings is 1. The maximum absolute atomic E-state index is 12.7. The van der Waals surface area contributed by atoms with Gasteiger partial charge in [-0.1, -0.05) is 13.8 Å². The second kappa shape index (κ2) is 6.75. The molecule has 1 aromatic carbocycles. The Kier molecular flexibility index (Phi) is 5.01. The van der Waals surface area contributed by atoms with Gasteiger partial charge >= 0.3 is 0 Å². The number of carbonyl (C=O) groups excluding carboxylic acids is 1. The number of rotatable bonds is 6. The third-order valence-electron chi connectivity index (χ3n) is 3.95. The summed E-state index contributed by atoms with van der Waals surface area (Å²) in [5.74, 6) is 0.994. The molecular formula is C16H24N2O2. The smallest absolute Gasteiger partial charge is 0.254 e. The lowest BCUT2D eigenvalue weighted by Crippen LogP contribution is -2.42. The number of ether oxygens (including phenoxy) is 1. The molecule has 1 heterocycles. The van der Waals surface area contributed by atoms with Crippen LogP contribution in [0.4, 0.5) is 0 Å². The molecule has 4 heteroatoms. The van der Waals surface area contributed by atoms with E-state index in [4.69, 9.17) is 10.5 Å². The van der Waals surface area contributed by atoms with Gasteiger partial charge in [-0.15, -0.1) is 0 Å². The Morgan fingerprint density at radius 2 is 2.15 bits per heavy atom. The second-order valence-corrected chi connectivity index (χ2v) is 5.18. The first-order valence-corrected chi connectivity index (χ1v) is 7.48. The van der Waals surface area contributed by atoms with Crippen molar-refractivity contribution in [1.29, 1.82) is 0 Å². The van der Waals surface area contributed by atoms with E-state index in [1.54, 1.807) is 0 Å². The lowest BCUT2D eigenvalue weighted by Gasteiger charge is -2.30. The highest BCUT2D eigenvalue weighted by Gasteiger charge is 2.23. The van der Waals surface area contributed by atoms with Crippen molar-refractivity contribution >= 4 is 5.91 Å². The molecule has 0 radical (unpaired) electrons. The molecule has 1 amide bonds. The summed E-state index contributed by atoms with van der Waals surface area (Å²) in [6.45, 7) is 6.05. The van der Waals surface area contributed by atoms with Gasteiger partial charge in [0.1, 0.15) is 5.75 Å². The van der Waals surface area contributed by atoms with Crippen LogP contribution in [-0.4, -0.2) is 36.5 Å². The van der Waals surface area contributed by atoms with Crippen LogP contribution in [-0.2, 0) is 6.42 Å². The highest BCUT2D eigenvalue weighted by Crippen LogP contribution is 2.26. The number of nitrogens with zero attached hydrogens (tertiary/aromatic N) is 1. The summed E-state index contributed by atoms with van der Waals surface area (Å²) >= 11 is 0. The molecule has 0 aliphatic carbocycles.